The number of aromatic nitrogens is 1. The third-order valence-electron chi connectivity index (χ3n) is 3.21. The molecule has 2 aromatic rings. The van der Waals surface area contributed by atoms with Crippen molar-refractivity contribution in [1.82, 2.24) is 4.98 Å². The molecule has 0 fully saturated rings. The van der Waals surface area contributed by atoms with Crippen LogP contribution in [0, 0.1) is 0 Å². The van der Waals surface area contributed by atoms with Gasteiger partial charge in [0.05, 0.1) is 11.2 Å². The molecule has 1 aromatic heterocycles. The molecule has 29 heavy (non-hydrogen) atoms. The molecule has 0 aliphatic carbocycles. The van der Waals surface area contributed by atoms with Crippen molar-refractivity contribution in [1.29, 1.82) is 0 Å². The predicted molar refractivity (Wildman–Crippen MR) is 104 cm³/mol. The summed E-state index contributed by atoms with van der Waals surface area (Å²) in [5.74, 6) is -1.26. The van der Waals surface area contributed by atoms with Crippen molar-refractivity contribution < 1.29 is 35.7 Å². The minimum atomic E-state index is -3.91. The number of carboxylic acids is 1. The van der Waals surface area contributed by atoms with Gasteiger partial charge in [-0.3, -0.25) is 5.43 Å². The van der Waals surface area contributed by atoms with Gasteiger partial charge in [-0.1, -0.05) is 0 Å². The summed E-state index contributed by atoms with van der Waals surface area (Å²) in [7, 11) is -7.32. The number of carboxylic acid groups (broad SMARTS) is 1. The first kappa shape index (κ1) is 22.1. The first-order chi connectivity index (χ1) is 13.3. The number of aliphatic carboxylic acids is 1. The normalized spacial score (nSPS) is 12.3. The molecule has 1 aromatic carbocycles. The Morgan fingerprint density at radius 3 is 2.34 bits per heavy atom. The van der Waals surface area contributed by atoms with E-state index in [9.17, 15) is 21.6 Å². The molecule has 0 saturated heterocycles. The van der Waals surface area contributed by atoms with Gasteiger partial charge in [0.15, 0.2) is 15.6 Å². The molecule has 2 rings (SSSR count). The topological polar surface area (TPSA) is 161 Å². The van der Waals surface area contributed by atoms with Crippen molar-refractivity contribution >= 4 is 37.3 Å². The Bertz CT molecular complexity index is 1160. The lowest BCUT2D eigenvalue weighted by atomic mass is 10.3. The SMILES string of the molecule is CC(=NNc1ccc(Oc2ccc(S(C)(=O)=O)cn2)cc1OS(C)(=O)=O)C(=O)O. The molecule has 0 bridgehead atoms. The summed E-state index contributed by atoms with van der Waals surface area (Å²) in [6.07, 6.45) is 3.00. The fourth-order valence-electron chi connectivity index (χ4n) is 1.85. The monoisotopic (exact) mass is 443 g/mol. The Labute approximate surface area is 167 Å². The number of ether oxygens (including phenoxy) is 1. The van der Waals surface area contributed by atoms with Crippen molar-refractivity contribution in [3.05, 3.63) is 36.5 Å². The van der Waals surface area contributed by atoms with Crippen molar-refractivity contribution in [3.63, 3.8) is 0 Å². The number of anilines is 1. The van der Waals surface area contributed by atoms with E-state index in [-0.39, 0.29) is 33.7 Å². The van der Waals surface area contributed by atoms with Gasteiger partial charge in [-0.15, -0.1) is 0 Å². The van der Waals surface area contributed by atoms with E-state index in [1.807, 2.05) is 0 Å². The molecule has 0 unspecified atom stereocenters. The fraction of sp³-hybridized carbons (Fsp3) is 0.188. The Morgan fingerprint density at radius 1 is 1.14 bits per heavy atom. The molecular formula is C16H17N3O8S2. The average Bonchev–Trinajstić information content (AvgIpc) is 2.59. The van der Waals surface area contributed by atoms with E-state index in [1.54, 1.807) is 0 Å². The van der Waals surface area contributed by atoms with E-state index in [4.69, 9.17) is 14.0 Å². The number of pyridine rings is 1. The largest absolute Gasteiger partial charge is 0.477 e. The smallest absolute Gasteiger partial charge is 0.351 e. The van der Waals surface area contributed by atoms with Crippen LogP contribution in [0.2, 0.25) is 0 Å². The molecule has 156 valence electrons. The van der Waals surface area contributed by atoms with Gasteiger partial charge in [-0.2, -0.15) is 13.5 Å². The minimum Gasteiger partial charge on any atom is -0.477 e. The zero-order valence-corrected chi connectivity index (χ0v) is 17.1. The molecule has 0 amide bonds. The van der Waals surface area contributed by atoms with E-state index in [0.717, 1.165) is 18.7 Å². The second-order valence-corrected chi connectivity index (χ2v) is 9.36. The molecule has 2 N–H and O–H groups in total. The third-order valence-corrected chi connectivity index (χ3v) is 4.79. The fourth-order valence-corrected chi connectivity index (χ4v) is 2.87. The molecule has 0 atom stereocenters. The average molecular weight is 443 g/mol. The maximum absolute atomic E-state index is 11.5. The molecule has 1 heterocycles. The highest BCUT2D eigenvalue weighted by atomic mass is 32.2. The summed E-state index contributed by atoms with van der Waals surface area (Å²) >= 11 is 0. The molecule has 0 radical (unpaired) electrons. The molecule has 0 spiro atoms. The van der Waals surface area contributed by atoms with Gasteiger partial charge < -0.3 is 14.0 Å². The number of hydrogen-bond acceptors (Lipinski definition) is 10. The van der Waals surface area contributed by atoms with Crippen molar-refractivity contribution in [2.24, 2.45) is 5.10 Å². The summed E-state index contributed by atoms with van der Waals surface area (Å²) in [6, 6.07) is 6.65. The van der Waals surface area contributed by atoms with E-state index in [1.165, 1.54) is 37.3 Å². The Balaban J connectivity index is 2.33. The maximum atomic E-state index is 11.5. The van der Waals surface area contributed by atoms with Gasteiger partial charge in [0, 0.05) is 24.6 Å². The number of rotatable bonds is 8. The molecule has 0 saturated carbocycles. The zero-order chi connectivity index (χ0) is 21.8. The molecular weight excluding hydrogens is 426 g/mol. The number of hydrogen-bond donors (Lipinski definition) is 2. The lowest BCUT2D eigenvalue weighted by molar-refractivity contribution is -0.129. The first-order valence-electron chi connectivity index (χ1n) is 7.76. The van der Waals surface area contributed by atoms with Gasteiger partial charge in [-0.25, -0.2) is 18.2 Å². The Morgan fingerprint density at radius 2 is 1.83 bits per heavy atom. The summed E-state index contributed by atoms with van der Waals surface area (Å²) in [6.45, 7) is 1.25. The number of carbonyl (C=O) groups is 1. The quantitative estimate of drug-likeness (QED) is 0.347. The minimum absolute atomic E-state index is 0.0113. The third kappa shape index (κ3) is 6.73. The lowest BCUT2D eigenvalue weighted by Gasteiger charge is -2.12. The van der Waals surface area contributed by atoms with E-state index >= 15 is 0 Å². The summed E-state index contributed by atoms with van der Waals surface area (Å²) in [5, 5.41) is 12.4. The van der Waals surface area contributed by atoms with Crippen LogP contribution in [-0.2, 0) is 24.7 Å². The van der Waals surface area contributed by atoms with Gasteiger partial charge in [0.2, 0.25) is 5.88 Å². The zero-order valence-electron chi connectivity index (χ0n) is 15.5. The number of hydrazone groups is 1. The van der Waals surface area contributed by atoms with Crippen LogP contribution < -0.4 is 14.3 Å². The van der Waals surface area contributed by atoms with Crippen LogP contribution in [0.25, 0.3) is 0 Å². The molecule has 11 nitrogen and oxygen atoms in total. The number of sulfone groups is 1. The standard InChI is InChI=1S/C16H17N3O8S2/c1-10(16(20)21)18-19-13-6-4-11(8-14(13)27-29(3,24)25)26-15-7-5-12(9-17-15)28(2,22)23/h4-9,19H,1-3H3,(H,20,21). The van der Waals surface area contributed by atoms with Crippen LogP contribution >= 0.6 is 0 Å². The lowest BCUT2D eigenvalue weighted by Crippen LogP contribution is -2.11. The second kappa shape index (κ2) is 8.45. The van der Waals surface area contributed by atoms with Crippen LogP contribution in [-0.4, -0.2) is 51.1 Å². The maximum Gasteiger partial charge on any atom is 0.351 e. The summed E-state index contributed by atoms with van der Waals surface area (Å²) in [5.41, 5.74) is 2.23. The molecule has 0 aliphatic heterocycles. The van der Waals surface area contributed by atoms with Gasteiger partial charge in [-0.05, 0) is 25.1 Å². The van der Waals surface area contributed by atoms with Gasteiger partial charge >= 0.3 is 16.1 Å². The van der Waals surface area contributed by atoms with Crippen LogP contribution in [0.3, 0.4) is 0 Å². The highest BCUT2D eigenvalue weighted by molar-refractivity contribution is 7.90. The van der Waals surface area contributed by atoms with Crippen LogP contribution in [0.5, 0.6) is 17.4 Å². The number of nitrogens with one attached hydrogen (secondary N) is 1. The van der Waals surface area contributed by atoms with Crippen LogP contribution in [0.15, 0.2) is 46.5 Å². The van der Waals surface area contributed by atoms with E-state index in [2.05, 4.69) is 15.5 Å². The predicted octanol–water partition coefficient (Wildman–Crippen LogP) is 1.49. The Hall–Kier alpha value is -3.19. The highest BCUT2D eigenvalue weighted by Crippen LogP contribution is 2.32. The highest BCUT2D eigenvalue weighted by Gasteiger charge is 2.14. The van der Waals surface area contributed by atoms with E-state index in [0.29, 0.717) is 0 Å². The van der Waals surface area contributed by atoms with Crippen LogP contribution in [0.4, 0.5) is 5.69 Å². The Kier molecular flexibility index (Phi) is 6.44. The summed E-state index contributed by atoms with van der Waals surface area (Å²) < 4.78 is 56.3. The van der Waals surface area contributed by atoms with Crippen molar-refractivity contribution in [3.8, 4) is 17.4 Å². The van der Waals surface area contributed by atoms with Gasteiger partial charge in [0.1, 0.15) is 17.1 Å². The second-order valence-electron chi connectivity index (χ2n) is 5.77. The van der Waals surface area contributed by atoms with Crippen LogP contribution in [0.1, 0.15) is 6.92 Å². The molecule has 13 heteroatoms. The number of nitrogens with zero attached hydrogens (tertiary/aromatic N) is 2. The molecule has 0 aliphatic rings. The van der Waals surface area contributed by atoms with Gasteiger partial charge in [0.25, 0.3) is 0 Å². The van der Waals surface area contributed by atoms with Crippen molar-refractivity contribution in [2.45, 2.75) is 11.8 Å². The first-order valence-corrected chi connectivity index (χ1v) is 11.5. The summed E-state index contributed by atoms with van der Waals surface area (Å²) in [4.78, 5) is 14.7. The van der Waals surface area contributed by atoms with E-state index < -0.39 is 25.9 Å². The van der Waals surface area contributed by atoms with Crippen molar-refractivity contribution in [2.75, 3.05) is 17.9 Å². The number of benzene rings is 1.